The standard InChI is InChI=1S/C20H20ClN7O2/c1-12-15(5-9-20(29)23-14-4-6-17(30-3)16(21)10-14)13(2)28(25-12)19-8-7-18-24-22-11-27(18)26-19/h4,6-8,10-11H,5,9H2,1-3H3,(H,23,29). The van der Waals surface area contributed by atoms with Gasteiger partial charge in [-0.1, -0.05) is 11.6 Å². The summed E-state index contributed by atoms with van der Waals surface area (Å²) in [5.74, 6) is 1.12. The van der Waals surface area contributed by atoms with E-state index in [9.17, 15) is 4.79 Å². The van der Waals surface area contributed by atoms with E-state index >= 15 is 0 Å². The number of aromatic nitrogens is 6. The fraction of sp³-hybridized carbons (Fsp3) is 0.250. The zero-order valence-electron chi connectivity index (χ0n) is 16.8. The summed E-state index contributed by atoms with van der Waals surface area (Å²) in [5.41, 5.74) is 4.10. The second kappa shape index (κ2) is 8.11. The predicted octanol–water partition coefficient (Wildman–Crippen LogP) is 3.16. The number of nitrogens with zero attached hydrogens (tertiary/aromatic N) is 6. The van der Waals surface area contributed by atoms with E-state index in [1.54, 1.807) is 40.8 Å². The van der Waals surface area contributed by atoms with Crippen LogP contribution >= 0.6 is 11.6 Å². The van der Waals surface area contributed by atoms with Crippen LogP contribution in [0.2, 0.25) is 5.02 Å². The molecule has 1 amide bonds. The molecule has 0 saturated carbocycles. The Morgan fingerprint density at radius 1 is 1.20 bits per heavy atom. The van der Waals surface area contributed by atoms with Crippen LogP contribution < -0.4 is 10.1 Å². The van der Waals surface area contributed by atoms with Crippen molar-refractivity contribution in [3.63, 3.8) is 0 Å². The number of aryl methyl sites for hydroxylation is 1. The lowest BCUT2D eigenvalue weighted by Crippen LogP contribution is -2.13. The molecule has 1 aromatic carbocycles. The molecule has 0 spiro atoms. The van der Waals surface area contributed by atoms with Gasteiger partial charge in [0.1, 0.15) is 12.1 Å². The third-order valence-corrected chi connectivity index (χ3v) is 5.14. The van der Waals surface area contributed by atoms with Gasteiger partial charge in [-0.05, 0) is 56.2 Å². The van der Waals surface area contributed by atoms with Crippen LogP contribution in [0.3, 0.4) is 0 Å². The number of halogens is 1. The van der Waals surface area contributed by atoms with Crippen LogP contribution in [0.15, 0.2) is 36.7 Å². The van der Waals surface area contributed by atoms with E-state index in [1.165, 1.54) is 0 Å². The summed E-state index contributed by atoms with van der Waals surface area (Å²) in [5, 5.41) is 20.2. The minimum absolute atomic E-state index is 0.105. The predicted molar refractivity (Wildman–Crippen MR) is 112 cm³/mol. The number of hydrogen-bond acceptors (Lipinski definition) is 6. The summed E-state index contributed by atoms with van der Waals surface area (Å²) in [6, 6.07) is 8.81. The van der Waals surface area contributed by atoms with Gasteiger partial charge in [-0.15, -0.1) is 15.3 Å². The number of nitrogens with one attached hydrogen (secondary N) is 1. The minimum Gasteiger partial charge on any atom is -0.495 e. The molecule has 4 aromatic rings. The van der Waals surface area contributed by atoms with Crippen LogP contribution in [-0.2, 0) is 11.2 Å². The summed E-state index contributed by atoms with van der Waals surface area (Å²) in [4.78, 5) is 12.4. The summed E-state index contributed by atoms with van der Waals surface area (Å²) in [7, 11) is 1.55. The number of fused-ring (bicyclic) bond motifs is 1. The van der Waals surface area contributed by atoms with Crippen molar-refractivity contribution >= 4 is 28.8 Å². The van der Waals surface area contributed by atoms with Crippen molar-refractivity contribution in [3.05, 3.63) is 58.6 Å². The number of amides is 1. The number of methoxy groups -OCH3 is 1. The smallest absolute Gasteiger partial charge is 0.224 e. The van der Waals surface area contributed by atoms with E-state index in [0.29, 0.717) is 40.8 Å². The molecule has 3 heterocycles. The molecule has 0 aliphatic rings. The Hall–Kier alpha value is -3.46. The number of ether oxygens (including phenoxy) is 1. The van der Waals surface area contributed by atoms with Crippen LogP contribution in [0.4, 0.5) is 5.69 Å². The molecule has 1 N–H and O–H groups in total. The SMILES string of the molecule is COc1ccc(NC(=O)CCc2c(C)nn(-c3ccc4nncn4n3)c2C)cc1Cl. The van der Waals surface area contributed by atoms with E-state index < -0.39 is 0 Å². The lowest BCUT2D eigenvalue weighted by molar-refractivity contribution is -0.116. The fourth-order valence-corrected chi connectivity index (χ4v) is 3.56. The van der Waals surface area contributed by atoms with E-state index in [-0.39, 0.29) is 5.91 Å². The zero-order chi connectivity index (χ0) is 21.3. The van der Waals surface area contributed by atoms with Crippen LogP contribution in [0, 0.1) is 13.8 Å². The van der Waals surface area contributed by atoms with Crippen LogP contribution in [-0.4, -0.2) is 42.6 Å². The highest BCUT2D eigenvalue weighted by Crippen LogP contribution is 2.27. The molecule has 0 atom stereocenters. The van der Waals surface area contributed by atoms with Gasteiger partial charge in [-0.25, -0.2) is 4.68 Å². The highest BCUT2D eigenvalue weighted by atomic mass is 35.5. The molecule has 0 aliphatic heterocycles. The number of anilines is 1. The number of rotatable bonds is 6. The third-order valence-electron chi connectivity index (χ3n) is 4.84. The molecule has 0 bridgehead atoms. The van der Waals surface area contributed by atoms with Gasteiger partial charge in [0, 0.05) is 17.8 Å². The van der Waals surface area contributed by atoms with E-state index in [1.807, 2.05) is 26.0 Å². The number of carbonyl (C=O) groups excluding carboxylic acids is 1. The third kappa shape index (κ3) is 3.84. The van der Waals surface area contributed by atoms with Gasteiger partial charge in [0.2, 0.25) is 5.91 Å². The van der Waals surface area contributed by atoms with E-state index in [2.05, 4.69) is 25.7 Å². The first kappa shape index (κ1) is 19.8. The van der Waals surface area contributed by atoms with Gasteiger partial charge in [0.25, 0.3) is 0 Å². The Balaban J connectivity index is 1.47. The lowest BCUT2D eigenvalue weighted by atomic mass is 10.1. The van der Waals surface area contributed by atoms with E-state index in [0.717, 1.165) is 17.0 Å². The van der Waals surface area contributed by atoms with Crippen molar-refractivity contribution in [1.82, 2.24) is 29.6 Å². The molecule has 0 saturated heterocycles. The molecule has 0 fully saturated rings. The molecule has 154 valence electrons. The molecule has 9 nitrogen and oxygen atoms in total. The molecule has 0 radical (unpaired) electrons. The molecule has 0 unspecified atom stereocenters. The van der Waals surface area contributed by atoms with Crippen LogP contribution in [0.1, 0.15) is 23.4 Å². The Morgan fingerprint density at radius 3 is 2.80 bits per heavy atom. The quantitative estimate of drug-likeness (QED) is 0.509. The maximum Gasteiger partial charge on any atom is 0.224 e. The lowest BCUT2D eigenvalue weighted by Gasteiger charge is -2.08. The number of hydrogen-bond donors (Lipinski definition) is 1. The van der Waals surface area contributed by atoms with Crippen LogP contribution in [0.25, 0.3) is 11.5 Å². The zero-order valence-corrected chi connectivity index (χ0v) is 17.5. The second-order valence-corrected chi connectivity index (χ2v) is 7.19. The maximum absolute atomic E-state index is 12.4. The first-order chi connectivity index (χ1) is 14.5. The first-order valence-electron chi connectivity index (χ1n) is 9.32. The molecule has 30 heavy (non-hydrogen) atoms. The topological polar surface area (TPSA) is 99.2 Å². The van der Waals surface area contributed by atoms with Gasteiger partial charge >= 0.3 is 0 Å². The van der Waals surface area contributed by atoms with Crippen molar-refractivity contribution < 1.29 is 9.53 Å². The van der Waals surface area contributed by atoms with Gasteiger partial charge < -0.3 is 10.1 Å². The number of carbonyl (C=O) groups is 1. The fourth-order valence-electron chi connectivity index (χ4n) is 3.30. The molecule has 0 aliphatic carbocycles. The average Bonchev–Trinajstić information content (AvgIpc) is 3.30. The first-order valence-corrected chi connectivity index (χ1v) is 9.70. The van der Waals surface area contributed by atoms with E-state index in [4.69, 9.17) is 16.3 Å². The maximum atomic E-state index is 12.4. The molecule has 10 heteroatoms. The Morgan fingerprint density at radius 2 is 2.03 bits per heavy atom. The van der Waals surface area contributed by atoms with Crippen molar-refractivity contribution in [1.29, 1.82) is 0 Å². The van der Waals surface area contributed by atoms with Crippen molar-refractivity contribution in [2.45, 2.75) is 26.7 Å². The summed E-state index contributed by atoms with van der Waals surface area (Å²) in [6.07, 6.45) is 2.42. The minimum atomic E-state index is -0.105. The molecular formula is C20H20ClN7O2. The summed E-state index contributed by atoms with van der Waals surface area (Å²) in [6.45, 7) is 3.89. The molecular weight excluding hydrogens is 406 g/mol. The van der Waals surface area contributed by atoms with Gasteiger partial charge in [0.05, 0.1) is 17.8 Å². The highest BCUT2D eigenvalue weighted by molar-refractivity contribution is 6.32. The number of benzene rings is 1. The molecule has 4 rings (SSSR count). The highest BCUT2D eigenvalue weighted by Gasteiger charge is 2.16. The normalized spacial score (nSPS) is 11.1. The largest absolute Gasteiger partial charge is 0.495 e. The molecule has 3 aromatic heterocycles. The van der Waals surface area contributed by atoms with Crippen LogP contribution in [0.5, 0.6) is 5.75 Å². The Bertz CT molecular complexity index is 1230. The average molecular weight is 426 g/mol. The second-order valence-electron chi connectivity index (χ2n) is 6.78. The Labute approximate surface area is 177 Å². The van der Waals surface area contributed by atoms with Crippen molar-refractivity contribution in [2.75, 3.05) is 12.4 Å². The van der Waals surface area contributed by atoms with Crippen molar-refractivity contribution in [3.8, 4) is 11.6 Å². The Kier molecular flexibility index (Phi) is 5.37. The van der Waals surface area contributed by atoms with Gasteiger partial charge in [-0.2, -0.15) is 9.61 Å². The summed E-state index contributed by atoms with van der Waals surface area (Å²) >= 11 is 6.11. The van der Waals surface area contributed by atoms with Gasteiger partial charge in [0.15, 0.2) is 11.5 Å². The monoisotopic (exact) mass is 425 g/mol. The summed E-state index contributed by atoms with van der Waals surface area (Å²) < 4.78 is 8.49. The van der Waals surface area contributed by atoms with Crippen molar-refractivity contribution in [2.24, 2.45) is 0 Å². The van der Waals surface area contributed by atoms with Gasteiger partial charge in [-0.3, -0.25) is 4.79 Å².